The summed E-state index contributed by atoms with van der Waals surface area (Å²) in [5, 5.41) is 0. The van der Waals surface area contributed by atoms with E-state index in [1.807, 2.05) is 18.1 Å². The lowest BCUT2D eigenvalue weighted by atomic mass is 9.93. The minimum absolute atomic E-state index is 0.256. The molecule has 5 heteroatoms. The number of imidazole rings is 1. The summed E-state index contributed by atoms with van der Waals surface area (Å²) >= 11 is 0. The number of hydrogen-bond acceptors (Lipinski definition) is 3. The fourth-order valence-electron chi connectivity index (χ4n) is 4.34. The van der Waals surface area contributed by atoms with Gasteiger partial charge in [0.15, 0.2) is 0 Å². The molecule has 2 atom stereocenters. The van der Waals surface area contributed by atoms with Crippen LogP contribution in [0.3, 0.4) is 0 Å². The van der Waals surface area contributed by atoms with E-state index in [4.69, 9.17) is 4.74 Å². The van der Waals surface area contributed by atoms with Crippen LogP contribution >= 0.6 is 0 Å². The van der Waals surface area contributed by atoms with Gasteiger partial charge in [0, 0.05) is 58.1 Å². The third-order valence-electron chi connectivity index (χ3n) is 5.94. The van der Waals surface area contributed by atoms with Crippen LogP contribution in [0, 0.1) is 17.3 Å². The zero-order valence-electron chi connectivity index (χ0n) is 13.3. The number of carbonyl (C=O) groups excluding carboxylic acids is 1. The van der Waals surface area contributed by atoms with E-state index in [1.54, 1.807) is 0 Å². The van der Waals surface area contributed by atoms with Crippen molar-refractivity contribution in [3.8, 4) is 0 Å². The largest absolute Gasteiger partial charge is 0.381 e. The van der Waals surface area contributed by atoms with Crippen LogP contribution in [0.15, 0.2) is 12.4 Å². The lowest BCUT2D eigenvalue weighted by Crippen LogP contribution is -2.37. The predicted octanol–water partition coefficient (Wildman–Crippen LogP) is 1.72. The molecule has 1 saturated heterocycles. The number of aryl methyl sites for hydroxylation is 1. The van der Waals surface area contributed by atoms with Gasteiger partial charge in [-0.15, -0.1) is 0 Å². The lowest BCUT2D eigenvalue weighted by molar-refractivity contribution is -0.133. The maximum atomic E-state index is 12.7. The van der Waals surface area contributed by atoms with Gasteiger partial charge in [-0.1, -0.05) is 0 Å². The summed E-state index contributed by atoms with van der Waals surface area (Å²) in [4.78, 5) is 19.1. The molecule has 22 heavy (non-hydrogen) atoms. The Hall–Kier alpha value is -1.36. The first-order valence-corrected chi connectivity index (χ1v) is 8.51. The third kappa shape index (κ3) is 2.45. The zero-order chi connectivity index (χ0) is 15.2. The fourth-order valence-corrected chi connectivity index (χ4v) is 4.34. The highest BCUT2D eigenvalue weighted by Crippen LogP contribution is 2.59. The van der Waals surface area contributed by atoms with Crippen molar-refractivity contribution >= 4 is 5.91 Å². The molecule has 0 unspecified atom stereocenters. The molecule has 0 radical (unpaired) electrons. The molecule has 2 aliphatic heterocycles. The second kappa shape index (κ2) is 5.37. The van der Waals surface area contributed by atoms with E-state index in [9.17, 15) is 4.79 Å². The number of ether oxygens (including phenoxy) is 1. The Morgan fingerprint density at radius 2 is 2.32 bits per heavy atom. The number of hydrogen-bond donors (Lipinski definition) is 0. The number of fused-ring (bicyclic) bond motifs is 1. The van der Waals surface area contributed by atoms with Gasteiger partial charge in [0.25, 0.3) is 0 Å². The van der Waals surface area contributed by atoms with Crippen LogP contribution in [0.25, 0.3) is 0 Å². The van der Waals surface area contributed by atoms with Crippen LogP contribution in [0.5, 0.6) is 0 Å². The van der Waals surface area contributed by atoms with Crippen molar-refractivity contribution in [3.05, 3.63) is 18.2 Å². The van der Waals surface area contributed by atoms with E-state index < -0.39 is 0 Å². The standard InChI is InChI=1S/C17H25N3O2/c1-19(12-13-2-6-20-7-5-18-15(20)10-13)16(21)14-11-17(14)3-8-22-9-4-17/h5,7,13-14H,2-4,6,8-12H2,1H3/t13-,14-/m0/s1. The number of carbonyl (C=O) groups is 1. The normalized spacial score (nSPS) is 29.1. The molecule has 4 rings (SSSR count). The number of nitrogens with zero attached hydrogens (tertiary/aromatic N) is 3. The molecular formula is C17H25N3O2. The fraction of sp³-hybridized carbons (Fsp3) is 0.765. The van der Waals surface area contributed by atoms with E-state index in [0.29, 0.717) is 11.8 Å². The average molecular weight is 303 g/mol. The van der Waals surface area contributed by atoms with Crippen molar-refractivity contribution in [2.45, 2.75) is 38.6 Å². The van der Waals surface area contributed by atoms with Crippen molar-refractivity contribution in [1.29, 1.82) is 0 Å². The summed E-state index contributed by atoms with van der Waals surface area (Å²) in [6, 6.07) is 0. The maximum Gasteiger partial charge on any atom is 0.226 e. The minimum atomic E-state index is 0.256. The zero-order valence-corrected chi connectivity index (χ0v) is 13.3. The Bertz CT molecular complexity index is 562. The van der Waals surface area contributed by atoms with Crippen LogP contribution in [0.1, 0.15) is 31.5 Å². The average Bonchev–Trinajstić information content (AvgIpc) is 3.01. The van der Waals surface area contributed by atoms with Crippen LogP contribution in [0.2, 0.25) is 0 Å². The molecule has 2 fully saturated rings. The molecule has 0 N–H and O–H groups in total. The lowest BCUT2D eigenvalue weighted by Gasteiger charge is -2.29. The topological polar surface area (TPSA) is 47.4 Å². The van der Waals surface area contributed by atoms with Gasteiger partial charge in [0.1, 0.15) is 5.82 Å². The Morgan fingerprint density at radius 3 is 3.14 bits per heavy atom. The second-order valence-electron chi connectivity index (χ2n) is 7.35. The van der Waals surface area contributed by atoms with E-state index >= 15 is 0 Å². The van der Waals surface area contributed by atoms with Gasteiger partial charge < -0.3 is 14.2 Å². The molecule has 1 aliphatic carbocycles. The Kier molecular flexibility index (Phi) is 3.48. The molecule has 5 nitrogen and oxygen atoms in total. The van der Waals surface area contributed by atoms with Crippen molar-refractivity contribution < 1.29 is 9.53 Å². The first kappa shape index (κ1) is 14.2. The molecule has 1 aromatic heterocycles. The first-order valence-electron chi connectivity index (χ1n) is 8.51. The Morgan fingerprint density at radius 1 is 1.50 bits per heavy atom. The SMILES string of the molecule is CN(C[C@H]1CCn2ccnc2C1)C(=O)[C@@H]1CC12CCOCC2. The summed E-state index contributed by atoms with van der Waals surface area (Å²) < 4.78 is 7.68. The summed E-state index contributed by atoms with van der Waals surface area (Å²) in [6.07, 6.45) is 9.29. The minimum Gasteiger partial charge on any atom is -0.381 e. The van der Waals surface area contributed by atoms with Crippen molar-refractivity contribution in [2.24, 2.45) is 17.3 Å². The van der Waals surface area contributed by atoms with Gasteiger partial charge in [-0.25, -0.2) is 4.98 Å². The maximum absolute atomic E-state index is 12.7. The quantitative estimate of drug-likeness (QED) is 0.854. The summed E-state index contributed by atoms with van der Waals surface area (Å²) in [5.74, 6) is 2.33. The van der Waals surface area contributed by atoms with Gasteiger partial charge in [0.05, 0.1) is 0 Å². The first-order chi connectivity index (χ1) is 10.7. The molecule has 1 spiro atoms. The van der Waals surface area contributed by atoms with Crippen molar-refractivity contribution in [1.82, 2.24) is 14.5 Å². The highest BCUT2D eigenvalue weighted by atomic mass is 16.5. The van der Waals surface area contributed by atoms with Crippen LogP contribution < -0.4 is 0 Å². The molecule has 1 amide bonds. The molecule has 1 saturated carbocycles. The smallest absolute Gasteiger partial charge is 0.226 e. The van der Waals surface area contributed by atoms with E-state index in [2.05, 4.69) is 15.7 Å². The number of aromatic nitrogens is 2. The van der Waals surface area contributed by atoms with Crippen LogP contribution in [-0.4, -0.2) is 47.2 Å². The van der Waals surface area contributed by atoms with Crippen LogP contribution in [-0.2, 0) is 22.5 Å². The molecule has 0 bridgehead atoms. The van der Waals surface area contributed by atoms with E-state index in [1.165, 1.54) is 5.82 Å². The van der Waals surface area contributed by atoms with Gasteiger partial charge in [-0.2, -0.15) is 0 Å². The molecule has 0 aromatic carbocycles. The highest BCUT2D eigenvalue weighted by molar-refractivity contribution is 5.82. The van der Waals surface area contributed by atoms with Crippen molar-refractivity contribution in [2.75, 3.05) is 26.8 Å². The molecular weight excluding hydrogens is 278 g/mol. The summed E-state index contributed by atoms with van der Waals surface area (Å²) in [7, 11) is 1.98. The van der Waals surface area contributed by atoms with Gasteiger partial charge in [-0.3, -0.25) is 4.79 Å². The summed E-state index contributed by atoms with van der Waals surface area (Å²) in [5.41, 5.74) is 0.284. The number of amides is 1. The predicted molar refractivity (Wildman–Crippen MR) is 82.3 cm³/mol. The third-order valence-corrected chi connectivity index (χ3v) is 5.94. The summed E-state index contributed by atoms with van der Waals surface area (Å²) in [6.45, 7) is 3.57. The monoisotopic (exact) mass is 303 g/mol. The molecule has 3 aliphatic rings. The molecule has 3 heterocycles. The van der Waals surface area contributed by atoms with E-state index in [0.717, 1.165) is 58.4 Å². The Balaban J connectivity index is 1.33. The van der Waals surface area contributed by atoms with Crippen LogP contribution in [0.4, 0.5) is 0 Å². The van der Waals surface area contributed by atoms with Gasteiger partial charge in [-0.05, 0) is 37.0 Å². The second-order valence-corrected chi connectivity index (χ2v) is 7.35. The highest BCUT2D eigenvalue weighted by Gasteiger charge is 2.58. The molecule has 1 aromatic rings. The molecule has 120 valence electrons. The van der Waals surface area contributed by atoms with Gasteiger partial charge >= 0.3 is 0 Å². The number of rotatable bonds is 3. The van der Waals surface area contributed by atoms with Gasteiger partial charge in [0.2, 0.25) is 5.91 Å². The Labute approximate surface area is 131 Å². The van der Waals surface area contributed by atoms with Crippen molar-refractivity contribution in [3.63, 3.8) is 0 Å². The van der Waals surface area contributed by atoms with E-state index in [-0.39, 0.29) is 11.3 Å².